The molecule has 21 heavy (non-hydrogen) atoms. The van der Waals surface area contributed by atoms with E-state index in [1.165, 1.54) is 6.07 Å². The summed E-state index contributed by atoms with van der Waals surface area (Å²) in [7, 11) is 0. The first-order valence-electron chi connectivity index (χ1n) is 6.77. The molecular weight excluding hydrogens is 299 g/mol. The van der Waals surface area contributed by atoms with Crippen molar-refractivity contribution in [2.45, 2.75) is 32.5 Å². The Morgan fingerprint density at radius 3 is 2.71 bits per heavy atom. The van der Waals surface area contributed by atoms with Crippen LogP contribution in [0, 0.1) is 0 Å². The van der Waals surface area contributed by atoms with Crippen LogP contribution in [-0.2, 0) is 6.18 Å². The summed E-state index contributed by atoms with van der Waals surface area (Å²) in [5.41, 5.74) is 6.12. The third-order valence-corrected chi connectivity index (χ3v) is 4.30. The van der Waals surface area contributed by atoms with Crippen LogP contribution in [0.2, 0.25) is 0 Å². The van der Waals surface area contributed by atoms with E-state index in [-0.39, 0.29) is 17.5 Å². The fourth-order valence-electron chi connectivity index (χ4n) is 2.28. The van der Waals surface area contributed by atoms with Gasteiger partial charge in [0.1, 0.15) is 0 Å². The van der Waals surface area contributed by atoms with Crippen LogP contribution in [0.3, 0.4) is 0 Å². The second-order valence-electron chi connectivity index (χ2n) is 4.88. The molecule has 1 unspecified atom stereocenters. The number of thioether (sulfide) groups is 1. The molecular formula is C14H18F3N3S. The first-order chi connectivity index (χ1) is 9.84. The number of rotatable bonds is 5. The summed E-state index contributed by atoms with van der Waals surface area (Å²) in [5.74, 6) is 2.29. The summed E-state index contributed by atoms with van der Waals surface area (Å²) in [4.78, 5) is 4.07. The van der Waals surface area contributed by atoms with Gasteiger partial charge < -0.3 is 10.3 Å². The number of aromatic nitrogens is 2. The molecule has 3 nitrogen and oxygen atoms in total. The Bertz CT molecular complexity index is 622. The van der Waals surface area contributed by atoms with Crippen molar-refractivity contribution in [2.75, 3.05) is 17.2 Å². The van der Waals surface area contributed by atoms with Gasteiger partial charge in [-0.1, -0.05) is 6.92 Å². The standard InChI is InChI=1S/C14H18F3N3S/c1-3-21-7-6-9(2)20-12-5-4-10(14(15,16)17)8-11(12)19-13(20)18/h4-5,8-9H,3,6-7H2,1-2H3,(H2,18,19). The van der Waals surface area contributed by atoms with Crippen LogP contribution < -0.4 is 5.73 Å². The highest BCUT2D eigenvalue weighted by Gasteiger charge is 2.31. The molecule has 1 heterocycles. The van der Waals surface area contributed by atoms with Gasteiger partial charge >= 0.3 is 6.18 Å². The average Bonchev–Trinajstić information content (AvgIpc) is 2.72. The van der Waals surface area contributed by atoms with Crippen LogP contribution in [0.4, 0.5) is 19.1 Å². The van der Waals surface area contributed by atoms with Gasteiger partial charge in [0.15, 0.2) is 0 Å². The third kappa shape index (κ3) is 3.45. The molecule has 0 fully saturated rings. The summed E-state index contributed by atoms with van der Waals surface area (Å²) in [6.45, 7) is 4.10. The summed E-state index contributed by atoms with van der Waals surface area (Å²) in [6, 6.07) is 3.68. The van der Waals surface area contributed by atoms with Gasteiger partial charge in [-0.05, 0) is 43.0 Å². The summed E-state index contributed by atoms with van der Waals surface area (Å²) < 4.78 is 40.0. The molecule has 0 spiro atoms. The van der Waals surface area contributed by atoms with E-state index in [9.17, 15) is 13.2 Å². The van der Waals surface area contributed by atoms with Crippen molar-refractivity contribution in [2.24, 2.45) is 0 Å². The normalized spacial score (nSPS) is 13.8. The highest BCUT2D eigenvalue weighted by atomic mass is 32.2. The molecule has 1 atom stereocenters. The van der Waals surface area contributed by atoms with E-state index in [4.69, 9.17) is 5.73 Å². The van der Waals surface area contributed by atoms with Crippen LogP contribution in [0.25, 0.3) is 11.0 Å². The van der Waals surface area contributed by atoms with Crippen molar-refractivity contribution in [3.8, 4) is 0 Å². The van der Waals surface area contributed by atoms with Crippen molar-refractivity contribution in [3.05, 3.63) is 23.8 Å². The maximum atomic E-state index is 12.7. The number of alkyl halides is 3. The molecule has 0 radical (unpaired) electrons. The van der Waals surface area contributed by atoms with Crippen molar-refractivity contribution in [1.82, 2.24) is 9.55 Å². The SMILES string of the molecule is CCSCCC(C)n1c(N)nc2cc(C(F)(F)F)ccc21. The number of nitrogen functional groups attached to an aromatic ring is 1. The lowest BCUT2D eigenvalue weighted by atomic mass is 10.2. The Balaban J connectivity index is 2.35. The van der Waals surface area contributed by atoms with E-state index in [1.54, 1.807) is 0 Å². The van der Waals surface area contributed by atoms with Crippen LogP contribution >= 0.6 is 11.8 Å². The second kappa shape index (κ2) is 6.17. The van der Waals surface area contributed by atoms with E-state index in [0.717, 1.165) is 30.1 Å². The number of hydrogen-bond acceptors (Lipinski definition) is 3. The monoisotopic (exact) mass is 317 g/mol. The molecule has 0 saturated heterocycles. The number of hydrogen-bond donors (Lipinski definition) is 1. The summed E-state index contributed by atoms with van der Waals surface area (Å²) in [6.07, 6.45) is -3.47. The highest BCUT2D eigenvalue weighted by molar-refractivity contribution is 7.99. The molecule has 0 aliphatic rings. The summed E-state index contributed by atoms with van der Waals surface area (Å²) >= 11 is 1.83. The molecule has 0 aliphatic carbocycles. The van der Waals surface area contributed by atoms with E-state index in [1.807, 2.05) is 23.3 Å². The fraction of sp³-hybridized carbons (Fsp3) is 0.500. The molecule has 0 amide bonds. The Labute approximate surface area is 125 Å². The zero-order valence-corrected chi connectivity index (χ0v) is 12.8. The van der Waals surface area contributed by atoms with Crippen LogP contribution in [0.5, 0.6) is 0 Å². The zero-order valence-electron chi connectivity index (χ0n) is 11.9. The van der Waals surface area contributed by atoms with Crippen molar-refractivity contribution in [3.63, 3.8) is 0 Å². The second-order valence-corrected chi connectivity index (χ2v) is 6.27. The Morgan fingerprint density at radius 1 is 1.38 bits per heavy atom. The largest absolute Gasteiger partial charge is 0.416 e. The third-order valence-electron chi connectivity index (χ3n) is 3.37. The molecule has 2 rings (SSSR count). The first kappa shape index (κ1) is 16.0. The van der Waals surface area contributed by atoms with Gasteiger partial charge in [-0.15, -0.1) is 0 Å². The molecule has 116 valence electrons. The number of imidazole rings is 1. The molecule has 7 heteroatoms. The molecule has 1 aromatic carbocycles. The van der Waals surface area contributed by atoms with Crippen molar-refractivity contribution >= 4 is 28.7 Å². The average molecular weight is 317 g/mol. The number of benzene rings is 1. The Kier molecular flexibility index (Phi) is 4.70. The van der Waals surface area contributed by atoms with Gasteiger partial charge in [0.05, 0.1) is 16.6 Å². The van der Waals surface area contributed by atoms with E-state index >= 15 is 0 Å². The Morgan fingerprint density at radius 2 is 2.10 bits per heavy atom. The van der Waals surface area contributed by atoms with E-state index in [0.29, 0.717) is 5.52 Å². The molecule has 0 aliphatic heterocycles. The quantitative estimate of drug-likeness (QED) is 0.834. The molecule has 0 bridgehead atoms. The van der Waals surface area contributed by atoms with Gasteiger partial charge in [0.25, 0.3) is 0 Å². The predicted octanol–water partition coefficient (Wildman–Crippen LogP) is 4.34. The maximum Gasteiger partial charge on any atom is 0.416 e. The van der Waals surface area contributed by atoms with Gasteiger partial charge in [0.2, 0.25) is 5.95 Å². The van der Waals surface area contributed by atoms with E-state index in [2.05, 4.69) is 11.9 Å². The molecule has 0 saturated carbocycles. The predicted molar refractivity (Wildman–Crippen MR) is 81.5 cm³/mol. The minimum Gasteiger partial charge on any atom is -0.369 e. The lowest BCUT2D eigenvalue weighted by Gasteiger charge is -2.16. The van der Waals surface area contributed by atoms with Gasteiger partial charge in [-0.2, -0.15) is 24.9 Å². The lowest BCUT2D eigenvalue weighted by Crippen LogP contribution is -2.10. The molecule has 2 N–H and O–H groups in total. The van der Waals surface area contributed by atoms with Gasteiger partial charge in [-0.25, -0.2) is 4.98 Å². The van der Waals surface area contributed by atoms with E-state index < -0.39 is 11.7 Å². The number of fused-ring (bicyclic) bond motifs is 1. The first-order valence-corrected chi connectivity index (χ1v) is 7.92. The van der Waals surface area contributed by atoms with Crippen LogP contribution in [0.15, 0.2) is 18.2 Å². The number of anilines is 1. The fourth-order valence-corrected chi connectivity index (χ4v) is 3.08. The minimum atomic E-state index is -4.36. The lowest BCUT2D eigenvalue weighted by molar-refractivity contribution is -0.137. The summed E-state index contributed by atoms with van der Waals surface area (Å²) in [5, 5.41) is 0. The van der Waals surface area contributed by atoms with Gasteiger partial charge in [-0.3, -0.25) is 0 Å². The maximum absolute atomic E-state index is 12.7. The van der Waals surface area contributed by atoms with Crippen LogP contribution in [-0.4, -0.2) is 21.1 Å². The topological polar surface area (TPSA) is 43.8 Å². The van der Waals surface area contributed by atoms with Crippen LogP contribution in [0.1, 0.15) is 31.9 Å². The van der Waals surface area contributed by atoms with Gasteiger partial charge in [0, 0.05) is 6.04 Å². The zero-order chi connectivity index (χ0) is 15.6. The van der Waals surface area contributed by atoms with Crippen molar-refractivity contribution < 1.29 is 13.2 Å². The molecule has 2 aromatic rings. The highest BCUT2D eigenvalue weighted by Crippen LogP contribution is 2.33. The smallest absolute Gasteiger partial charge is 0.369 e. The minimum absolute atomic E-state index is 0.103. The van der Waals surface area contributed by atoms with Crippen molar-refractivity contribution in [1.29, 1.82) is 0 Å². The number of nitrogens with zero attached hydrogens (tertiary/aromatic N) is 2. The number of nitrogens with two attached hydrogens (primary N) is 1. The Hall–Kier alpha value is -1.37. The molecule has 1 aromatic heterocycles. The number of halogens is 3.